The van der Waals surface area contributed by atoms with Crippen LogP contribution in [0.15, 0.2) is 0 Å². The number of rotatable bonds is 6. The van der Waals surface area contributed by atoms with Crippen LogP contribution < -0.4 is 0 Å². The lowest BCUT2D eigenvalue weighted by atomic mass is 9.89. The highest BCUT2D eigenvalue weighted by atomic mass is 16.6. The zero-order valence-corrected chi connectivity index (χ0v) is 16.0. The highest BCUT2D eigenvalue weighted by Gasteiger charge is 2.39. The van der Waals surface area contributed by atoms with E-state index in [0.717, 1.165) is 12.8 Å². The van der Waals surface area contributed by atoms with E-state index in [0.29, 0.717) is 19.6 Å². The maximum atomic E-state index is 12.4. The second-order valence-electron chi connectivity index (χ2n) is 7.35. The molecule has 0 aromatic rings. The Morgan fingerprint density at radius 2 is 1.36 bits per heavy atom. The van der Waals surface area contributed by atoms with E-state index in [9.17, 15) is 14.4 Å². The molecule has 1 heterocycles. The third-order valence-corrected chi connectivity index (χ3v) is 3.67. The zero-order valence-electron chi connectivity index (χ0n) is 16.0. The van der Waals surface area contributed by atoms with Crippen LogP contribution in [0.1, 0.15) is 53.9 Å². The molecule has 0 aromatic heterocycles. The van der Waals surface area contributed by atoms with E-state index in [1.54, 1.807) is 20.8 Å². The Labute approximate surface area is 150 Å². The van der Waals surface area contributed by atoms with Gasteiger partial charge in [0.05, 0.1) is 25.0 Å². The van der Waals surface area contributed by atoms with Crippen LogP contribution in [0.25, 0.3) is 0 Å². The number of piperidine rings is 1. The van der Waals surface area contributed by atoms with Crippen molar-refractivity contribution in [3.8, 4) is 0 Å². The Morgan fingerprint density at radius 1 is 0.920 bits per heavy atom. The van der Waals surface area contributed by atoms with E-state index in [1.165, 1.54) is 4.90 Å². The molecule has 144 valence electrons. The highest BCUT2D eigenvalue weighted by Crippen LogP contribution is 2.26. The molecule has 7 nitrogen and oxygen atoms in total. The van der Waals surface area contributed by atoms with Gasteiger partial charge in [-0.05, 0) is 40.0 Å². The summed E-state index contributed by atoms with van der Waals surface area (Å²) in [6.07, 6.45) is 1.23. The Hall–Kier alpha value is -1.79. The normalized spacial score (nSPS) is 20.8. The molecule has 0 N–H and O–H groups in total. The van der Waals surface area contributed by atoms with Crippen molar-refractivity contribution >= 4 is 18.0 Å². The predicted molar refractivity (Wildman–Crippen MR) is 91.9 cm³/mol. The fourth-order valence-corrected chi connectivity index (χ4v) is 2.56. The van der Waals surface area contributed by atoms with Gasteiger partial charge in [0.25, 0.3) is 0 Å². The molecule has 25 heavy (non-hydrogen) atoms. The summed E-state index contributed by atoms with van der Waals surface area (Å²) in [5.41, 5.74) is -0.648. The molecule has 1 fully saturated rings. The van der Waals surface area contributed by atoms with Crippen molar-refractivity contribution in [1.29, 1.82) is 0 Å². The fraction of sp³-hybridized carbons (Fsp3) is 0.833. The van der Waals surface area contributed by atoms with Gasteiger partial charge < -0.3 is 19.1 Å². The molecule has 0 bridgehead atoms. The summed E-state index contributed by atoms with van der Waals surface area (Å²) in [6.45, 7) is 10.2. The molecule has 1 aliphatic rings. The highest BCUT2D eigenvalue weighted by molar-refractivity contribution is 5.79. The summed E-state index contributed by atoms with van der Waals surface area (Å²) >= 11 is 0. The summed E-state index contributed by atoms with van der Waals surface area (Å²) in [6, 6.07) is 0. The van der Waals surface area contributed by atoms with Gasteiger partial charge in [0, 0.05) is 13.1 Å². The Balaban J connectivity index is 2.84. The van der Waals surface area contributed by atoms with Gasteiger partial charge in [-0.3, -0.25) is 9.59 Å². The Bertz CT molecular complexity index is 443. The quantitative estimate of drug-likeness (QED) is 0.537. The van der Waals surface area contributed by atoms with Crippen molar-refractivity contribution < 1.29 is 28.6 Å². The molecule has 1 rings (SSSR count). The first-order valence-corrected chi connectivity index (χ1v) is 8.99. The molecular formula is C18H31NO6. The first-order chi connectivity index (χ1) is 11.7. The number of carbonyl (C=O) groups excluding carboxylic acids is 3. The molecule has 0 radical (unpaired) electrons. The summed E-state index contributed by atoms with van der Waals surface area (Å²) < 4.78 is 15.8. The van der Waals surface area contributed by atoms with Gasteiger partial charge in [-0.2, -0.15) is 0 Å². The standard InChI is InChI=1S/C18H31NO6/c1-6-8-23-15(20)13-10-14(16(21)24-9-7-2)12-19(11-13)17(22)25-18(3,4)5/h13-14H,6-12H2,1-5H3. The molecule has 1 saturated heterocycles. The Morgan fingerprint density at radius 3 is 1.72 bits per heavy atom. The van der Waals surface area contributed by atoms with Crippen molar-refractivity contribution in [2.75, 3.05) is 26.3 Å². The van der Waals surface area contributed by atoms with E-state index >= 15 is 0 Å². The number of esters is 2. The maximum Gasteiger partial charge on any atom is 0.410 e. The SMILES string of the molecule is CCCOC(=O)C1CC(C(=O)OCCC)CN(C(=O)OC(C)(C)C)C1. The van der Waals surface area contributed by atoms with Gasteiger partial charge >= 0.3 is 18.0 Å². The van der Waals surface area contributed by atoms with Gasteiger partial charge in [0.2, 0.25) is 0 Å². The number of carbonyl (C=O) groups is 3. The molecule has 0 aromatic carbocycles. The van der Waals surface area contributed by atoms with Gasteiger partial charge in [-0.1, -0.05) is 13.8 Å². The minimum atomic E-state index is -0.648. The second-order valence-corrected chi connectivity index (χ2v) is 7.35. The summed E-state index contributed by atoms with van der Waals surface area (Å²) in [4.78, 5) is 38.3. The van der Waals surface area contributed by atoms with Crippen molar-refractivity contribution in [2.24, 2.45) is 11.8 Å². The van der Waals surface area contributed by atoms with E-state index < -0.39 is 23.5 Å². The summed E-state index contributed by atoms with van der Waals surface area (Å²) in [5, 5.41) is 0. The second kappa shape index (κ2) is 9.63. The van der Waals surface area contributed by atoms with Gasteiger partial charge in [0.15, 0.2) is 0 Å². The van der Waals surface area contributed by atoms with Crippen LogP contribution in [0.5, 0.6) is 0 Å². The predicted octanol–water partition coefficient (Wildman–Crippen LogP) is 2.77. The lowest BCUT2D eigenvalue weighted by Gasteiger charge is -2.36. The summed E-state index contributed by atoms with van der Waals surface area (Å²) in [5.74, 6) is -1.87. The Kier molecular flexibility index (Phi) is 8.19. The zero-order chi connectivity index (χ0) is 19.0. The first-order valence-electron chi connectivity index (χ1n) is 8.99. The molecule has 1 amide bonds. The van der Waals surface area contributed by atoms with Crippen molar-refractivity contribution in [1.82, 2.24) is 4.90 Å². The van der Waals surface area contributed by atoms with E-state index in [1.807, 2.05) is 13.8 Å². The van der Waals surface area contributed by atoms with Crippen LogP contribution in [0.3, 0.4) is 0 Å². The molecule has 2 unspecified atom stereocenters. The van der Waals surface area contributed by atoms with E-state index in [4.69, 9.17) is 14.2 Å². The molecule has 0 aliphatic carbocycles. The van der Waals surface area contributed by atoms with Crippen LogP contribution in [0.2, 0.25) is 0 Å². The average Bonchev–Trinajstić information content (AvgIpc) is 2.55. The van der Waals surface area contributed by atoms with Crippen LogP contribution in [-0.2, 0) is 23.8 Å². The van der Waals surface area contributed by atoms with Crippen LogP contribution in [-0.4, -0.2) is 54.8 Å². The monoisotopic (exact) mass is 357 g/mol. The number of likely N-dealkylation sites (tertiary alicyclic amines) is 1. The largest absolute Gasteiger partial charge is 0.465 e. The van der Waals surface area contributed by atoms with Crippen LogP contribution >= 0.6 is 0 Å². The van der Waals surface area contributed by atoms with Gasteiger partial charge in [-0.25, -0.2) is 4.79 Å². The van der Waals surface area contributed by atoms with Crippen molar-refractivity contribution in [2.45, 2.75) is 59.5 Å². The first kappa shape index (κ1) is 21.3. The fourth-order valence-electron chi connectivity index (χ4n) is 2.56. The minimum Gasteiger partial charge on any atom is -0.465 e. The number of amides is 1. The van der Waals surface area contributed by atoms with Crippen LogP contribution in [0, 0.1) is 11.8 Å². The van der Waals surface area contributed by atoms with E-state index in [-0.39, 0.29) is 25.0 Å². The number of hydrogen-bond donors (Lipinski definition) is 0. The molecule has 0 spiro atoms. The minimum absolute atomic E-state index is 0.190. The molecular weight excluding hydrogens is 326 g/mol. The number of hydrogen-bond acceptors (Lipinski definition) is 6. The average molecular weight is 357 g/mol. The number of ether oxygens (including phenoxy) is 3. The molecule has 2 atom stereocenters. The molecule has 0 saturated carbocycles. The topological polar surface area (TPSA) is 82.1 Å². The van der Waals surface area contributed by atoms with Crippen molar-refractivity contribution in [3.05, 3.63) is 0 Å². The van der Waals surface area contributed by atoms with E-state index in [2.05, 4.69) is 0 Å². The lowest BCUT2D eigenvalue weighted by Crippen LogP contribution is -2.50. The van der Waals surface area contributed by atoms with Gasteiger partial charge in [0.1, 0.15) is 5.60 Å². The molecule has 7 heteroatoms. The van der Waals surface area contributed by atoms with Crippen molar-refractivity contribution in [3.63, 3.8) is 0 Å². The van der Waals surface area contributed by atoms with Gasteiger partial charge in [-0.15, -0.1) is 0 Å². The molecule has 1 aliphatic heterocycles. The number of nitrogens with zero attached hydrogens (tertiary/aromatic N) is 1. The smallest absolute Gasteiger partial charge is 0.410 e. The third kappa shape index (κ3) is 7.32. The maximum absolute atomic E-state index is 12.4. The summed E-state index contributed by atoms with van der Waals surface area (Å²) in [7, 11) is 0. The lowest BCUT2D eigenvalue weighted by molar-refractivity contribution is -0.156. The third-order valence-electron chi connectivity index (χ3n) is 3.67. The van der Waals surface area contributed by atoms with Crippen LogP contribution in [0.4, 0.5) is 4.79 Å².